The minimum atomic E-state index is -4.22. The third kappa shape index (κ3) is 6.24. The Bertz CT molecular complexity index is 1640. The number of hydrogen-bond donors (Lipinski definition) is 2. The van der Waals surface area contributed by atoms with Gasteiger partial charge < -0.3 is 10.2 Å². The van der Waals surface area contributed by atoms with Crippen molar-refractivity contribution in [2.24, 2.45) is 5.92 Å². The Hall–Kier alpha value is -3.26. The molecular formula is C28H36F3N7O3S. The molecule has 0 spiro atoms. The number of hydrogen-bond acceptors (Lipinski definition) is 8. The molecule has 0 radical (unpaired) electrons. The van der Waals surface area contributed by atoms with Crippen LogP contribution in [0.25, 0.3) is 22.4 Å². The largest absolute Gasteiger partial charge is 0.351 e. The first-order valence-electron chi connectivity index (χ1n) is 14.1. The number of alkyl halides is 2. The van der Waals surface area contributed by atoms with E-state index in [-0.39, 0.29) is 36.2 Å². The van der Waals surface area contributed by atoms with Crippen molar-refractivity contribution in [1.82, 2.24) is 24.4 Å². The summed E-state index contributed by atoms with van der Waals surface area (Å²) in [5.41, 5.74) is -0.131. The molecule has 2 heterocycles. The van der Waals surface area contributed by atoms with Gasteiger partial charge in [0.2, 0.25) is 16.0 Å². The van der Waals surface area contributed by atoms with Crippen LogP contribution in [0.2, 0.25) is 0 Å². The lowest BCUT2D eigenvalue weighted by atomic mass is 9.82. The second kappa shape index (κ2) is 11.4. The molecule has 2 aliphatic carbocycles. The third-order valence-electron chi connectivity index (χ3n) is 8.26. The van der Waals surface area contributed by atoms with Crippen LogP contribution in [-0.4, -0.2) is 70.7 Å². The van der Waals surface area contributed by atoms with Crippen LogP contribution in [0.5, 0.6) is 0 Å². The molecule has 2 N–H and O–H groups in total. The molecule has 0 bridgehead atoms. The van der Waals surface area contributed by atoms with Gasteiger partial charge in [0.25, 0.3) is 11.5 Å². The van der Waals surface area contributed by atoms with Crippen LogP contribution in [0.3, 0.4) is 0 Å². The number of rotatable bonds is 9. The first-order chi connectivity index (χ1) is 19.7. The van der Waals surface area contributed by atoms with E-state index in [2.05, 4.69) is 44.0 Å². The van der Waals surface area contributed by atoms with Gasteiger partial charge in [0, 0.05) is 36.0 Å². The smallest absolute Gasteiger partial charge is 0.278 e. The zero-order valence-electron chi connectivity index (χ0n) is 24.1. The van der Waals surface area contributed by atoms with Gasteiger partial charge in [-0.25, -0.2) is 31.6 Å². The van der Waals surface area contributed by atoms with Crippen LogP contribution in [0.4, 0.5) is 24.8 Å². The van der Waals surface area contributed by atoms with Crippen molar-refractivity contribution < 1.29 is 21.6 Å². The van der Waals surface area contributed by atoms with Gasteiger partial charge in [-0.1, -0.05) is 6.07 Å². The summed E-state index contributed by atoms with van der Waals surface area (Å²) in [4.78, 5) is 29.3. The maximum Gasteiger partial charge on any atom is 0.278 e. The van der Waals surface area contributed by atoms with Gasteiger partial charge in [-0.2, -0.15) is 4.98 Å². The summed E-state index contributed by atoms with van der Waals surface area (Å²) < 4.78 is 70.6. The minimum Gasteiger partial charge on any atom is -0.351 e. The molecule has 42 heavy (non-hydrogen) atoms. The summed E-state index contributed by atoms with van der Waals surface area (Å²) in [5.74, 6) is -5.71. The van der Waals surface area contributed by atoms with Crippen molar-refractivity contribution in [3.63, 3.8) is 0 Å². The first-order valence-corrected chi connectivity index (χ1v) is 15.8. The van der Waals surface area contributed by atoms with E-state index in [0.29, 0.717) is 23.2 Å². The number of fused-ring (bicyclic) bond motifs is 1. The van der Waals surface area contributed by atoms with Crippen LogP contribution >= 0.6 is 0 Å². The highest BCUT2D eigenvalue weighted by atomic mass is 32.2. The van der Waals surface area contributed by atoms with Gasteiger partial charge in [0.05, 0.1) is 17.6 Å². The number of nitrogens with one attached hydrogen (secondary N) is 2. The molecule has 228 valence electrons. The number of benzene rings is 1. The van der Waals surface area contributed by atoms with Gasteiger partial charge in [-0.05, 0) is 72.2 Å². The minimum absolute atomic E-state index is 0.0510. The van der Waals surface area contributed by atoms with E-state index < -0.39 is 44.7 Å². The highest BCUT2D eigenvalue weighted by molar-refractivity contribution is 7.92. The van der Waals surface area contributed by atoms with E-state index >= 15 is 4.39 Å². The Balaban J connectivity index is 1.40. The van der Waals surface area contributed by atoms with Crippen molar-refractivity contribution in [3.8, 4) is 11.3 Å². The Morgan fingerprint density at radius 2 is 1.83 bits per heavy atom. The van der Waals surface area contributed by atoms with Crippen LogP contribution in [0, 0.1) is 11.7 Å². The molecule has 14 heteroatoms. The van der Waals surface area contributed by atoms with Crippen LogP contribution < -0.4 is 15.6 Å². The summed E-state index contributed by atoms with van der Waals surface area (Å²) in [6, 6.07) is 3.97. The number of halogens is 3. The third-order valence-corrected chi connectivity index (χ3v) is 9.63. The first kappa shape index (κ1) is 30.2. The van der Waals surface area contributed by atoms with E-state index in [1.54, 1.807) is 0 Å². The molecule has 0 amide bonds. The van der Waals surface area contributed by atoms with Crippen molar-refractivity contribution >= 4 is 32.8 Å². The fourth-order valence-electron chi connectivity index (χ4n) is 5.65. The number of nitrogens with zero attached hydrogens (tertiary/aromatic N) is 5. The van der Waals surface area contributed by atoms with Gasteiger partial charge >= 0.3 is 0 Å². The molecule has 0 saturated heterocycles. The fourth-order valence-corrected chi connectivity index (χ4v) is 7.17. The molecule has 2 aliphatic rings. The number of sulfonamides is 1. The Kier molecular flexibility index (Phi) is 8.23. The fraction of sp³-hybridized carbons (Fsp3) is 0.571. The van der Waals surface area contributed by atoms with Crippen LogP contribution in [0.15, 0.2) is 29.2 Å². The molecule has 2 saturated carbocycles. The SMILES string of the molecule is CC(C)n1c(=O)c(-c2ccc(NS(=O)(=O)CC3CCC3(F)F)c(F)c2)nc2cnc(NC3CCC(N(C)C)CC3)nc21. The molecule has 5 rings (SSSR count). The van der Waals surface area contributed by atoms with Gasteiger partial charge in [-0.15, -0.1) is 0 Å². The summed E-state index contributed by atoms with van der Waals surface area (Å²) >= 11 is 0. The molecule has 1 atom stereocenters. The van der Waals surface area contributed by atoms with Crippen LogP contribution in [-0.2, 0) is 10.0 Å². The van der Waals surface area contributed by atoms with Crippen LogP contribution in [0.1, 0.15) is 58.4 Å². The molecule has 1 aromatic carbocycles. The van der Waals surface area contributed by atoms with E-state index in [1.165, 1.54) is 16.8 Å². The Morgan fingerprint density at radius 3 is 2.40 bits per heavy atom. The average molecular weight is 608 g/mol. The standard InChI is InChI=1S/C28H36F3N7O3S/c1-16(2)38-25-23(14-32-27(35-25)33-19-6-8-20(9-7-19)37(3)4)34-24(26(38)39)17-5-10-22(21(29)13-17)36-42(40,41)15-18-11-12-28(18,30)31/h5,10,13-14,16,18-20,36H,6-9,11-12,15H2,1-4H3,(H,32,33,35). The second-order valence-electron chi connectivity index (χ2n) is 11.8. The monoisotopic (exact) mass is 607 g/mol. The van der Waals surface area contributed by atoms with Gasteiger partial charge in [-0.3, -0.25) is 14.1 Å². The molecule has 2 aromatic heterocycles. The number of anilines is 2. The molecule has 1 unspecified atom stereocenters. The molecule has 0 aliphatic heterocycles. The van der Waals surface area contributed by atoms with Gasteiger partial charge in [0.1, 0.15) is 17.0 Å². The molecule has 10 nitrogen and oxygen atoms in total. The van der Waals surface area contributed by atoms with Crippen molar-refractivity contribution in [2.75, 3.05) is 29.9 Å². The normalized spacial score (nSPS) is 22.4. The lowest BCUT2D eigenvalue weighted by molar-refractivity contribution is -0.122. The second-order valence-corrected chi connectivity index (χ2v) is 13.6. The van der Waals surface area contributed by atoms with E-state index in [9.17, 15) is 22.0 Å². The molecule has 2 fully saturated rings. The average Bonchev–Trinajstić information content (AvgIpc) is 2.92. The van der Waals surface area contributed by atoms with Crippen molar-refractivity contribution in [3.05, 3.63) is 40.6 Å². The Morgan fingerprint density at radius 1 is 1.12 bits per heavy atom. The zero-order valence-corrected chi connectivity index (χ0v) is 24.9. The maximum absolute atomic E-state index is 15.1. The summed E-state index contributed by atoms with van der Waals surface area (Å²) in [7, 11) is -0.0437. The van der Waals surface area contributed by atoms with Crippen molar-refractivity contribution in [2.45, 2.75) is 76.4 Å². The quantitative estimate of drug-likeness (QED) is 0.361. The predicted molar refractivity (Wildman–Crippen MR) is 156 cm³/mol. The van der Waals surface area contributed by atoms with Gasteiger partial charge in [0.15, 0.2) is 5.65 Å². The zero-order chi connectivity index (χ0) is 30.4. The summed E-state index contributed by atoms with van der Waals surface area (Å²) in [5, 5.41) is 3.39. The molecule has 3 aromatic rings. The summed E-state index contributed by atoms with van der Waals surface area (Å²) in [6.45, 7) is 3.65. The predicted octanol–water partition coefficient (Wildman–Crippen LogP) is 4.65. The van der Waals surface area contributed by atoms with E-state index in [0.717, 1.165) is 37.8 Å². The highest BCUT2D eigenvalue weighted by Crippen LogP contribution is 2.44. The Labute approximate surface area is 242 Å². The number of aromatic nitrogens is 4. The lowest BCUT2D eigenvalue weighted by Gasteiger charge is -2.35. The topological polar surface area (TPSA) is 122 Å². The van der Waals surface area contributed by atoms with Crippen molar-refractivity contribution in [1.29, 1.82) is 0 Å². The van der Waals surface area contributed by atoms with E-state index in [1.807, 2.05) is 13.8 Å². The maximum atomic E-state index is 15.1. The molecular weight excluding hydrogens is 571 g/mol. The highest BCUT2D eigenvalue weighted by Gasteiger charge is 2.50. The summed E-state index contributed by atoms with van der Waals surface area (Å²) in [6.07, 6.45) is 5.33. The lowest BCUT2D eigenvalue weighted by Crippen LogP contribution is -2.43. The van der Waals surface area contributed by atoms with E-state index in [4.69, 9.17) is 0 Å².